The molecule has 20 heavy (non-hydrogen) atoms. The fraction of sp³-hybridized carbons (Fsp3) is 0.294. The average Bonchev–Trinajstić information content (AvgIpc) is 2.36. The van der Waals surface area contributed by atoms with Crippen LogP contribution in [-0.4, -0.2) is 6.54 Å². The van der Waals surface area contributed by atoms with Crippen LogP contribution in [0, 0.1) is 13.8 Å². The molecule has 0 unspecified atom stereocenters. The Morgan fingerprint density at radius 2 is 1.70 bits per heavy atom. The van der Waals surface area contributed by atoms with Crippen LogP contribution in [0.3, 0.4) is 0 Å². The van der Waals surface area contributed by atoms with Crippen molar-refractivity contribution in [3.05, 3.63) is 58.1 Å². The Morgan fingerprint density at radius 3 is 2.30 bits per heavy atom. The van der Waals surface area contributed by atoms with Gasteiger partial charge in [0.15, 0.2) is 0 Å². The van der Waals surface area contributed by atoms with E-state index in [-0.39, 0.29) is 0 Å². The fourth-order valence-corrected chi connectivity index (χ4v) is 2.36. The first-order chi connectivity index (χ1) is 9.58. The number of halogens is 1. The molecule has 0 saturated heterocycles. The van der Waals surface area contributed by atoms with Crippen LogP contribution in [-0.2, 0) is 6.54 Å². The summed E-state index contributed by atoms with van der Waals surface area (Å²) in [6.45, 7) is 7.90. The maximum Gasteiger partial charge on any atom is 0.128 e. The van der Waals surface area contributed by atoms with E-state index in [1.165, 1.54) is 11.1 Å². The summed E-state index contributed by atoms with van der Waals surface area (Å²) in [6, 6.07) is 12.0. The van der Waals surface area contributed by atoms with E-state index < -0.39 is 0 Å². The minimum Gasteiger partial charge on any atom is -0.457 e. The number of aryl methyl sites for hydroxylation is 2. The molecule has 0 spiro atoms. The molecule has 0 heterocycles. The van der Waals surface area contributed by atoms with E-state index in [4.69, 9.17) is 16.3 Å². The zero-order valence-corrected chi connectivity index (χ0v) is 12.9. The lowest BCUT2D eigenvalue weighted by Gasteiger charge is -2.10. The van der Waals surface area contributed by atoms with E-state index in [2.05, 4.69) is 32.2 Å². The molecule has 0 aliphatic rings. The molecule has 0 bridgehead atoms. The van der Waals surface area contributed by atoms with Gasteiger partial charge in [0.1, 0.15) is 11.5 Å². The first-order valence-corrected chi connectivity index (χ1v) is 7.21. The van der Waals surface area contributed by atoms with Crippen molar-refractivity contribution < 1.29 is 4.74 Å². The van der Waals surface area contributed by atoms with Gasteiger partial charge in [-0.15, -0.1) is 0 Å². The second-order valence-electron chi connectivity index (χ2n) is 4.96. The molecular formula is C17H20ClNO. The minimum absolute atomic E-state index is 0.729. The van der Waals surface area contributed by atoms with Gasteiger partial charge in [0.2, 0.25) is 0 Å². The summed E-state index contributed by atoms with van der Waals surface area (Å²) in [7, 11) is 0. The zero-order chi connectivity index (χ0) is 14.5. The smallest absolute Gasteiger partial charge is 0.128 e. The van der Waals surface area contributed by atoms with Gasteiger partial charge in [-0.25, -0.2) is 0 Å². The number of nitrogens with one attached hydrogen (secondary N) is 1. The Bertz CT molecular complexity index is 575. The topological polar surface area (TPSA) is 21.3 Å². The molecule has 106 valence electrons. The Morgan fingerprint density at radius 1 is 1.00 bits per heavy atom. The van der Waals surface area contributed by atoms with Crippen LogP contribution in [0.15, 0.2) is 36.4 Å². The van der Waals surface area contributed by atoms with Crippen LogP contribution in [0.5, 0.6) is 11.5 Å². The van der Waals surface area contributed by atoms with Gasteiger partial charge in [0.05, 0.1) is 0 Å². The Kier molecular flexibility index (Phi) is 5.05. The highest BCUT2D eigenvalue weighted by molar-refractivity contribution is 6.31. The SMILES string of the molecule is CCNCc1ccc(Oc2cc(C)cc(C)c2)cc1Cl. The third-order valence-electron chi connectivity index (χ3n) is 3.02. The maximum absolute atomic E-state index is 6.27. The van der Waals surface area contributed by atoms with Crippen LogP contribution in [0.25, 0.3) is 0 Å². The van der Waals surface area contributed by atoms with Gasteiger partial charge in [-0.1, -0.05) is 30.7 Å². The van der Waals surface area contributed by atoms with E-state index in [0.29, 0.717) is 0 Å². The third-order valence-corrected chi connectivity index (χ3v) is 3.37. The average molecular weight is 290 g/mol. The second-order valence-corrected chi connectivity index (χ2v) is 5.37. The number of hydrogen-bond donors (Lipinski definition) is 1. The van der Waals surface area contributed by atoms with Gasteiger partial charge < -0.3 is 10.1 Å². The van der Waals surface area contributed by atoms with Crippen molar-refractivity contribution in [2.24, 2.45) is 0 Å². The molecule has 3 heteroatoms. The molecule has 2 nitrogen and oxygen atoms in total. The standard InChI is InChI=1S/C17H20ClNO/c1-4-19-11-14-5-6-15(10-17(14)18)20-16-8-12(2)7-13(3)9-16/h5-10,19H,4,11H2,1-3H3. The molecule has 2 aromatic rings. The molecule has 0 aliphatic carbocycles. The fourth-order valence-electron chi connectivity index (χ4n) is 2.12. The van der Waals surface area contributed by atoms with Crippen molar-refractivity contribution in [2.45, 2.75) is 27.3 Å². The summed E-state index contributed by atoms with van der Waals surface area (Å²) in [4.78, 5) is 0. The molecule has 0 aromatic heterocycles. The van der Waals surface area contributed by atoms with Gasteiger partial charge in [-0.3, -0.25) is 0 Å². The summed E-state index contributed by atoms with van der Waals surface area (Å²) in [5, 5.41) is 3.99. The monoisotopic (exact) mass is 289 g/mol. The number of rotatable bonds is 5. The molecular weight excluding hydrogens is 270 g/mol. The van der Waals surface area contributed by atoms with Crippen LogP contribution < -0.4 is 10.1 Å². The van der Waals surface area contributed by atoms with Crippen molar-refractivity contribution in [3.63, 3.8) is 0 Å². The predicted molar refractivity (Wildman–Crippen MR) is 84.8 cm³/mol. The summed E-state index contributed by atoms with van der Waals surface area (Å²) in [5.41, 5.74) is 3.46. The molecule has 2 aromatic carbocycles. The zero-order valence-electron chi connectivity index (χ0n) is 12.2. The molecule has 1 N–H and O–H groups in total. The third kappa shape index (κ3) is 3.99. The van der Waals surface area contributed by atoms with E-state index >= 15 is 0 Å². The lowest BCUT2D eigenvalue weighted by molar-refractivity contribution is 0.481. The largest absolute Gasteiger partial charge is 0.457 e. The molecule has 0 radical (unpaired) electrons. The molecule has 0 saturated carbocycles. The van der Waals surface area contributed by atoms with Gasteiger partial charge in [-0.2, -0.15) is 0 Å². The first kappa shape index (κ1) is 14.9. The lowest BCUT2D eigenvalue weighted by Crippen LogP contribution is -2.11. The van der Waals surface area contributed by atoms with Gasteiger partial charge in [0.25, 0.3) is 0 Å². The van der Waals surface area contributed by atoms with Gasteiger partial charge in [0, 0.05) is 11.6 Å². The van der Waals surface area contributed by atoms with Crippen LogP contribution >= 0.6 is 11.6 Å². The Hall–Kier alpha value is -1.51. The van der Waals surface area contributed by atoms with Crippen molar-refractivity contribution >= 4 is 11.6 Å². The predicted octanol–water partition coefficient (Wildman–Crippen LogP) is 4.86. The summed E-state index contributed by atoms with van der Waals surface area (Å²) >= 11 is 6.27. The summed E-state index contributed by atoms with van der Waals surface area (Å²) in [5.74, 6) is 1.61. The van der Waals surface area contributed by atoms with Crippen molar-refractivity contribution in [1.82, 2.24) is 5.32 Å². The van der Waals surface area contributed by atoms with Crippen molar-refractivity contribution in [3.8, 4) is 11.5 Å². The van der Waals surface area contributed by atoms with Crippen molar-refractivity contribution in [2.75, 3.05) is 6.54 Å². The van der Waals surface area contributed by atoms with E-state index in [1.807, 2.05) is 30.3 Å². The molecule has 0 fully saturated rings. The van der Waals surface area contributed by atoms with E-state index in [9.17, 15) is 0 Å². The number of ether oxygens (including phenoxy) is 1. The molecule has 0 atom stereocenters. The number of hydrogen-bond acceptors (Lipinski definition) is 2. The maximum atomic E-state index is 6.27. The molecule has 0 amide bonds. The normalized spacial score (nSPS) is 10.6. The molecule has 2 rings (SSSR count). The Labute approximate surface area is 125 Å². The van der Waals surface area contributed by atoms with Gasteiger partial charge in [-0.05, 0) is 61.3 Å². The van der Waals surface area contributed by atoms with Crippen LogP contribution in [0.2, 0.25) is 5.02 Å². The second kappa shape index (κ2) is 6.78. The van der Waals surface area contributed by atoms with E-state index in [0.717, 1.165) is 35.2 Å². The highest BCUT2D eigenvalue weighted by Gasteiger charge is 2.04. The summed E-state index contributed by atoms with van der Waals surface area (Å²) in [6.07, 6.45) is 0. The van der Waals surface area contributed by atoms with Gasteiger partial charge >= 0.3 is 0 Å². The van der Waals surface area contributed by atoms with Crippen LogP contribution in [0.1, 0.15) is 23.6 Å². The Balaban J connectivity index is 2.15. The quantitative estimate of drug-likeness (QED) is 0.849. The lowest BCUT2D eigenvalue weighted by atomic mass is 10.1. The first-order valence-electron chi connectivity index (χ1n) is 6.84. The highest BCUT2D eigenvalue weighted by Crippen LogP contribution is 2.28. The summed E-state index contributed by atoms with van der Waals surface area (Å²) < 4.78 is 5.88. The van der Waals surface area contributed by atoms with Crippen molar-refractivity contribution in [1.29, 1.82) is 0 Å². The molecule has 0 aliphatic heterocycles. The van der Waals surface area contributed by atoms with Crippen LogP contribution in [0.4, 0.5) is 0 Å². The number of benzene rings is 2. The van der Waals surface area contributed by atoms with E-state index in [1.54, 1.807) is 0 Å². The highest BCUT2D eigenvalue weighted by atomic mass is 35.5. The minimum atomic E-state index is 0.729.